The van der Waals surface area contributed by atoms with Crippen molar-refractivity contribution in [2.24, 2.45) is 11.7 Å². The first-order valence-electron chi connectivity index (χ1n) is 28.9. The van der Waals surface area contributed by atoms with E-state index in [-0.39, 0.29) is 66.6 Å². The second-order valence-electron chi connectivity index (χ2n) is 21.1. The van der Waals surface area contributed by atoms with Crippen molar-refractivity contribution in [3.63, 3.8) is 0 Å². The van der Waals surface area contributed by atoms with E-state index in [0.29, 0.717) is 129 Å². The highest BCUT2D eigenvalue weighted by molar-refractivity contribution is 8.00. The van der Waals surface area contributed by atoms with E-state index in [1.165, 1.54) is 6.08 Å². The van der Waals surface area contributed by atoms with Crippen LogP contribution in [-0.2, 0) is 55.9 Å². The van der Waals surface area contributed by atoms with Crippen LogP contribution in [0.1, 0.15) is 80.2 Å². The molecule has 6 amide bonds. The molecule has 444 valence electrons. The number of nitrogens with one attached hydrogen (secondary N) is 4. The molecule has 4 aliphatic heterocycles. The number of aromatic hydroxyl groups is 1. The average Bonchev–Trinajstić information content (AvgIpc) is 4.38. The van der Waals surface area contributed by atoms with Crippen molar-refractivity contribution >= 4 is 80.7 Å². The lowest BCUT2D eigenvalue weighted by molar-refractivity contribution is -0.134. The Balaban J connectivity index is 0.618. The first-order valence-corrected chi connectivity index (χ1v) is 30.8. The van der Waals surface area contributed by atoms with Crippen LogP contribution < -0.4 is 31.9 Å². The number of hydrogen-bond donors (Lipinski definition) is 6. The molecule has 0 saturated carbocycles. The van der Waals surface area contributed by atoms with Gasteiger partial charge in [-0.1, -0.05) is 48.9 Å². The number of aromatic nitrogens is 2. The fraction of sp³-hybridized carbons (Fsp3) is 0.559. The molecule has 2 aromatic carbocycles. The van der Waals surface area contributed by atoms with Gasteiger partial charge in [-0.25, -0.2) is 14.8 Å². The number of morpholine rings is 1. The fourth-order valence-electron chi connectivity index (χ4n) is 10.3. The summed E-state index contributed by atoms with van der Waals surface area (Å²) in [6, 6.07) is 17.0. The summed E-state index contributed by atoms with van der Waals surface area (Å²) >= 11 is 3.58. The van der Waals surface area contributed by atoms with Crippen LogP contribution in [-0.4, -0.2) is 189 Å². The molecule has 7 N–H and O–H groups in total. The van der Waals surface area contributed by atoms with Crippen LogP contribution in [0, 0.1) is 5.92 Å². The van der Waals surface area contributed by atoms with E-state index >= 15 is 0 Å². The van der Waals surface area contributed by atoms with Gasteiger partial charge in [0.2, 0.25) is 23.6 Å². The summed E-state index contributed by atoms with van der Waals surface area (Å²) in [5.74, 6) is 1.27. The summed E-state index contributed by atoms with van der Waals surface area (Å²) in [4.78, 5) is 92.1. The number of anilines is 1. The van der Waals surface area contributed by atoms with Gasteiger partial charge in [-0.15, -0.1) is 11.3 Å². The first kappa shape index (κ1) is 61.9. The number of phenolic OH excluding ortho intramolecular Hbond substituents is 1. The maximum Gasteiger partial charge on any atom is 0.315 e. The molecule has 4 saturated heterocycles. The highest BCUT2D eigenvalue weighted by Crippen LogP contribution is 2.36. The number of thiophene rings is 1. The average molecular weight is 1170 g/mol. The van der Waals surface area contributed by atoms with E-state index in [0.717, 1.165) is 88.7 Å². The summed E-state index contributed by atoms with van der Waals surface area (Å²) in [6.45, 7) is 9.78. The zero-order chi connectivity index (χ0) is 57.5. The van der Waals surface area contributed by atoms with E-state index in [1.54, 1.807) is 35.6 Å². The molecule has 4 atom stereocenters. The fourth-order valence-corrected chi connectivity index (χ4v) is 13.0. The van der Waals surface area contributed by atoms with Gasteiger partial charge in [0.05, 0.1) is 61.9 Å². The Kier molecular flexibility index (Phi) is 24.6. The number of allylic oxidation sites excluding steroid dienone is 1. The Labute approximate surface area is 488 Å². The first-order chi connectivity index (χ1) is 39.9. The number of unbranched alkanes of at least 4 members (excludes halogenated alkanes) is 1. The molecule has 0 bridgehead atoms. The lowest BCUT2D eigenvalue weighted by Crippen LogP contribution is -2.48. The van der Waals surface area contributed by atoms with Crippen LogP contribution in [0.5, 0.6) is 5.75 Å². The van der Waals surface area contributed by atoms with Gasteiger partial charge in [-0.05, 0) is 73.9 Å². The number of nitrogens with two attached hydrogens (primary N) is 1. The minimum absolute atomic E-state index is 0.0358. The number of carbonyl (C=O) groups is 6. The summed E-state index contributed by atoms with van der Waals surface area (Å²) in [6.07, 6.45) is 8.98. The Morgan fingerprint density at radius 3 is 2.22 bits per heavy atom. The van der Waals surface area contributed by atoms with Gasteiger partial charge in [-0.2, -0.15) is 11.8 Å². The van der Waals surface area contributed by atoms with E-state index in [2.05, 4.69) is 37.1 Å². The van der Waals surface area contributed by atoms with Gasteiger partial charge < -0.3 is 60.9 Å². The van der Waals surface area contributed by atoms with Crippen LogP contribution in [0.25, 0.3) is 27.7 Å². The third-order valence-electron chi connectivity index (χ3n) is 15.0. The third-order valence-corrected chi connectivity index (χ3v) is 17.6. The number of carbonyl (C=O) groups excluding carboxylic acids is 6. The smallest absolute Gasteiger partial charge is 0.315 e. The highest BCUT2D eigenvalue weighted by atomic mass is 32.2. The molecule has 82 heavy (non-hydrogen) atoms. The predicted octanol–water partition coefficient (Wildman–Crippen LogP) is 4.82. The molecule has 4 fully saturated rings. The number of phenols is 1. The molecule has 1 unspecified atom stereocenters. The number of hydrogen-bond acceptors (Lipinski definition) is 17. The van der Waals surface area contributed by atoms with Crippen LogP contribution in [0.3, 0.4) is 0 Å². The second kappa shape index (κ2) is 32.6. The number of ketones is 1. The Morgan fingerprint density at radius 2 is 1.51 bits per heavy atom. The number of piperazine rings is 1. The topological polar surface area (TPSA) is 269 Å². The van der Waals surface area contributed by atoms with Gasteiger partial charge in [-0.3, -0.25) is 28.9 Å². The third kappa shape index (κ3) is 19.7. The van der Waals surface area contributed by atoms with E-state index in [9.17, 15) is 33.9 Å². The quantitative estimate of drug-likeness (QED) is 0.0208. The standard InChI is InChI=1S/C59H80N10O11S2/c60-56(75)43(15-18-52(73)62-21-5-29-78-33-35-80-34-32-77-28-4-20-61-51(72)9-2-1-8-50-54-49(40-81-50)64-59(76)65-54)36-42-12-10-41(11-13-42)14-16-45(70)17-19-53(74)68-24-22-67(23-25-68)39-47-38-48-55(82-47)58(69-26-30-79-31-27-69)66-57(63-48)44-6-3-7-46(71)37-44/h3,6-7,10-14,16,37-38,43,49-50,54,71H,1-2,4-5,8-9,15,17-36,39-40H2,(H2,60,75)(H,61,72)(H,62,73)(H2,64,65,76)/b16-14+/t43?,49-,50-,54-/m0/s1. The van der Waals surface area contributed by atoms with E-state index in [4.69, 9.17) is 34.6 Å². The number of fused-ring (bicyclic) bond motifs is 2. The van der Waals surface area contributed by atoms with E-state index in [1.807, 2.05) is 47.0 Å². The summed E-state index contributed by atoms with van der Waals surface area (Å²) in [7, 11) is 0. The molecule has 2 aromatic heterocycles. The van der Waals surface area contributed by atoms with Crippen molar-refractivity contribution in [3.05, 3.63) is 76.7 Å². The van der Waals surface area contributed by atoms with Crippen LogP contribution >= 0.6 is 23.1 Å². The van der Waals surface area contributed by atoms with Gasteiger partial charge in [0.15, 0.2) is 17.4 Å². The SMILES string of the molecule is NC(=O)C(CCC(=O)NCCCOCCOCCOCCCNC(=O)CCCC[C@@H]1SC[C@@H]2NC(=O)N[C@@H]21)Cc1ccc(/C=C/C(=O)CCC(=O)N2CCN(Cc3cc4nc(-c5cccc(O)c5)nc(N5CCOCC5)c4s3)CC2)cc1. The lowest BCUT2D eigenvalue weighted by Gasteiger charge is -2.34. The van der Waals surface area contributed by atoms with Gasteiger partial charge in [0.25, 0.3) is 0 Å². The Bertz CT molecular complexity index is 2770. The zero-order valence-corrected chi connectivity index (χ0v) is 48.5. The number of urea groups is 1. The van der Waals surface area contributed by atoms with Crippen molar-refractivity contribution in [1.82, 2.24) is 41.0 Å². The van der Waals surface area contributed by atoms with Crippen LogP contribution in [0.2, 0.25) is 0 Å². The molecule has 8 rings (SSSR count). The van der Waals surface area contributed by atoms with Crippen molar-refractivity contribution in [3.8, 4) is 17.1 Å². The monoisotopic (exact) mass is 1170 g/mol. The number of benzene rings is 2. The largest absolute Gasteiger partial charge is 0.508 e. The molecule has 0 radical (unpaired) electrons. The van der Waals surface area contributed by atoms with Gasteiger partial charge in [0.1, 0.15) is 5.75 Å². The van der Waals surface area contributed by atoms with Crippen molar-refractivity contribution < 1.29 is 52.8 Å². The van der Waals surface area contributed by atoms with Crippen LogP contribution in [0.15, 0.2) is 60.7 Å². The van der Waals surface area contributed by atoms with Crippen molar-refractivity contribution in [2.75, 3.05) is 116 Å². The molecule has 0 aliphatic carbocycles. The molecule has 4 aliphatic rings. The maximum atomic E-state index is 13.2. The maximum absolute atomic E-state index is 13.2. The summed E-state index contributed by atoms with van der Waals surface area (Å²) in [5, 5.41) is 22.3. The number of thioether (sulfide) groups is 1. The molecule has 4 aromatic rings. The number of ether oxygens (including phenoxy) is 4. The molecule has 21 nitrogen and oxygen atoms in total. The molecule has 6 heterocycles. The van der Waals surface area contributed by atoms with E-state index < -0.39 is 11.8 Å². The molecular formula is C59H80N10O11S2. The van der Waals surface area contributed by atoms with Crippen molar-refractivity contribution in [2.45, 2.75) is 94.5 Å². The summed E-state index contributed by atoms with van der Waals surface area (Å²) in [5.41, 5.74) is 9.04. The lowest BCUT2D eigenvalue weighted by atomic mass is 9.93. The minimum atomic E-state index is -0.520. The Morgan fingerprint density at radius 1 is 0.805 bits per heavy atom. The van der Waals surface area contributed by atoms with Gasteiger partial charge >= 0.3 is 6.03 Å². The summed E-state index contributed by atoms with van der Waals surface area (Å²) < 4.78 is 23.4. The zero-order valence-electron chi connectivity index (χ0n) is 46.8. The minimum Gasteiger partial charge on any atom is -0.508 e. The number of rotatable bonds is 34. The normalized spacial score (nSPS) is 18.6. The van der Waals surface area contributed by atoms with Gasteiger partial charge in [0, 0.05) is 125 Å². The number of amides is 6. The molecule has 0 spiro atoms. The number of primary amides is 1. The number of nitrogens with zero attached hydrogens (tertiary/aromatic N) is 5. The highest BCUT2D eigenvalue weighted by Gasteiger charge is 2.42. The predicted molar refractivity (Wildman–Crippen MR) is 316 cm³/mol. The molecular weight excluding hydrogens is 1090 g/mol. The molecule has 23 heteroatoms. The second-order valence-corrected chi connectivity index (χ2v) is 23.5. The van der Waals surface area contributed by atoms with Crippen LogP contribution in [0.4, 0.5) is 10.6 Å². The Hall–Kier alpha value is -6.21. The van der Waals surface area contributed by atoms with Crippen molar-refractivity contribution in [1.29, 1.82) is 0 Å².